The largest absolute Gasteiger partial charge is 0.375 e. The van der Waals surface area contributed by atoms with E-state index in [4.69, 9.17) is 16.3 Å². The first-order valence-corrected chi connectivity index (χ1v) is 7.60. The molecule has 6 nitrogen and oxygen atoms in total. The van der Waals surface area contributed by atoms with Crippen molar-refractivity contribution < 1.29 is 14.3 Å². The Morgan fingerprint density at radius 1 is 1.17 bits per heavy atom. The molecule has 0 aliphatic heterocycles. The maximum Gasteiger partial charge on any atom is 0.315 e. The molecule has 1 rings (SSSR count). The Morgan fingerprint density at radius 3 is 2.52 bits per heavy atom. The van der Waals surface area contributed by atoms with Crippen molar-refractivity contribution in [3.05, 3.63) is 47.0 Å². The Balaban J connectivity index is 2.09. The van der Waals surface area contributed by atoms with Crippen LogP contribution in [0, 0.1) is 0 Å². The number of rotatable bonds is 9. The third-order valence-electron chi connectivity index (χ3n) is 2.69. The van der Waals surface area contributed by atoms with Gasteiger partial charge in [0.2, 0.25) is 5.91 Å². The molecule has 0 heterocycles. The molecule has 7 heteroatoms. The lowest BCUT2D eigenvalue weighted by atomic mass is 10.2. The maximum atomic E-state index is 11.6. The second-order valence-corrected chi connectivity index (χ2v) is 5.46. The molecule has 3 N–H and O–H groups in total. The second kappa shape index (κ2) is 10.6. The lowest BCUT2D eigenvalue weighted by molar-refractivity contribution is -0.120. The monoisotopic (exact) mass is 339 g/mol. The summed E-state index contributed by atoms with van der Waals surface area (Å²) in [5.41, 5.74) is 1.85. The summed E-state index contributed by atoms with van der Waals surface area (Å²) in [5, 5.41) is 8.42. The van der Waals surface area contributed by atoms with Crippen molar-refractivity contribution in [1.29, 1.82) is 0 Å². The van der Waals surface area contributed by atoms with Crippen molar-refractivity contribution in [3.63, 3.8) is 0 Å². The van der Waals surface area contributed by atoms with Gasteiger partial charge in [0.15, 0.2) is 0 Å². The maximum absolute atomic E-state index is 11.6. The molecule has 1 aromatic rings. The molecule has 0 fully saturated rings. The molecule has 0 aromatic heterocycles. The zero-order valence-corrected chi connectivity index (χ0v) is 13.9. The van der Waals surface area contributed by atoms with Crippen LogP contribution < -0.4 is 16.0 Å². The zero-order chi connectivity index (χ0) is 17.1. The summed E-state index contributed by atoms with van der Waals surface area (Å²) in [6, 6.07) is 6.73. The molecule has 0 aliphatic carbocycles. The number of hydrogen-bond donors (Lipinski definition) is 3. The van der Waals surface area contributed by atoms with Crippen LogP contribution in [-0.4, -0.2) is 38.2 Å². The quantitative estimate of drug-likeness (QED) is 0.474. The highest BCUT2D eigenvalue weighted by Crippen LogP contribution is 2.08. The van der Waals surface area contributed by atoms with Gasteiger partial charge in [-0.1, -0.05) is 35.9 Å². The first-order chi connectivity index (χ1) is 11.0. The molecular weight excluding hydrogens is 318 g/mol. The number of ether oxygens (including phenoxy) is 1. The fourth-order valence-corrected chi connectivity index (χ4v) is 1.71. The second-order valence-electron chi connectivity index (χ2n) is 5.02. The van der Waals surface area contributed by atoms with Gasteiger partial charge < -0.3 is 20.7 Å². The molecule has 0 aliphatic rings. The SMILES string of the molecule is C=C(C)COCCNC(=O)CNC(=O)NCc1ccc(Cl)cc1. The van der Waals surface area contributed by atoms with Gasteiger partial charge >= 0.3 is 6.03 Å². The molecular formula is C16H22ClN3O3. The predicted molar refractivity (Wildman–Crippen MR) is 90.3 cm³/mol. The molecule has 23 heavy (non-hydrogen) atoms. The van der Waals surface area contributed by atoms with Crippen LogP contribution in [0.1, 0.15) is 12.5 Å². The van der Waals surface area contributed by atoms with E-state index in [0.29, 0.717) is 31.3 Å². The van der Waals surface area contributed by atoms with Crippen molar-refractivity contribution in [2.75, 3.05) is 26.3 Å². The molecule has 0 atom stereocenters. The number of carbonyl (C=O) groups excluding carboxylic acids is 2. The molecule has 3 amide bonds. The smallest absolute Gasteiger partial charge is 0.315 e. The lowest BCUT2D eigenvalue weighted by Gasteiger charge is -2.09. The van der Waals surface area contributed by atoms with Gasteiger partial charge in [-0.3, -0.25) is 4.79 Å². The average molecular weight is 340 g/mol. The number of urea groups is 1. The molecule has 0 saturated heterocycles. The summed E-state index contributed by atoms with van der Waals surface area (Å²) in [6.45, 7) is 7.11. The van der Waals surface area contributed by atoms with E-state index in [1.165, 1.54) is 0 Å². The topological polar surface area (TPSA) is 79.5 Å². The Morgan fingerprint density at radius 2 is 1.87 bits per heavy atom. The summed E-state index contributed by atoms with van der Waals surface area (Å²) in [5.74, 6) is -0.273. The van der Waals surface area contributed by atoms with Gasteiger partial charge in [0.05, 0.1) is 19.8 Å². The zero-order valence-electron chi connectivity index (χ0n) is 13.2. The fraction of sp³-hybridized carbons (Fsp3) is 0.375. The minimum atomic E-state index is -0.409. The van der Waals surface area contributed by atoms with E-state index in [-0.39, 0.29) is 12.5 Å². The fourth-order valence-electron chi connectivity index (χ4n) is 1.58. The van der Waals surface area contributed by atoms with Crippen molar-refractivity contribution in [2.24, 2.45) is 0 Å². The minimum absolute atomic E-state index is 0.0903. The standard InChI is InChI=1S/C16H22ClN3O3/c1-12(2)11-23-8-7-18-15(21)10-20-16(22)19-9-13-3-5-14(17)6-4-13/h3-6H,1,7-11H2,2H3,(H,18,21)(H2,19,20,22). The minimum Gasteiger partial charge on any atom is -0.375 e. The average Bonchev–Trinajstić information content (AvgIpc) is 2.51. The van der Waals surface area contributed by atoms with Crippen LogP contribution in [0.25, 0.3) is 0 Å². The number of halogens is 1. The number of amides is 3. The van der Waals surface area contributed by atoms with Gasteiger partial charge in [-0.15, -0.1) is 0 Å². The summed E-state index contributed by atoms with van der Waals surface area (Å²) in [7, 11) is 0. The lowest BCUT2D eigenvalue weighted by Crippen LogP contribution is -2.42. The summed E-state index contributed by atoms with van der Waals surface area (Å²) in [4.78, 5) is 23.1. The van der Waals surface area contributed by atoms with Crippen LogP contribution in [-0.2, 0) is 16.1 Å². The summed E-state index contributed by atoms with van der Waals surface area (Å²) in [6.07, 6.45) is 0. The van der Waals surface area contributed by atoms with E-state index in [1.807, 2.05) is 19.1 Å². The van der Waals surface area contributed by atoms with E-state index in [1.54, 1.807) is 12.1 Å². The van der Waals surface area contributed by atoms with Crippen molar-refractivity contribution in [1.82, 2.24) is 16.0 Å². The van der Waals surface area contributed by atoms with Gasteiger partial charge in [0, 0.05) is 18.1 Å². The first-order valence-electron chi connectivity index (χ1n) is 7.22. The van der Waals surface area contributed by atoms with E-state index < -0.39 is 6.03 Å². The van der Waals surface area contributed by atoms with Crippen LogP contribution in [0.3, 0.4) is 0 Å². The highest BCUT2D eigenvalue weighted by atomic mass is 35.5. The van der Waals surface area contributed by atoms with Crippen LogP contribution in [0.5, 0.6) is 0 Å². The highest BCUT2D eigenvalue weighted by Gasteiger charge is 2.04. The molecule has 1 aromatic carbocycles. The summed E-state index contributed by atoms with van der Waals surface area (Å²) < 4.78 is 5.24. The normalized spacial score (nSPS) is 10.0. The van der Waals surface area contributed by atoms with E-state index in [2.05, 4.69) is 22.5 Å². The first kappa shape index (κ1) is 19.0. The van der Waals surface area contributed by atoms with E-state index >= 15 is 0 Å². The Hall–Kier alpha value is -2.05. The van der Waals surface area contributed by atoms with Crippen LogP contribution in [0.2, 0.25) is 5.02 Å². The van der Waals surface area contributed by atoms with Gasteiger partial charge in [-0.05, 0) is 24.6 Å². The Bertz CT molecular complexity index is 532. The van der Waals surface area contributed by atoms with E-state index in [9.17, 15) is 9.59 Å². The third-order valence-corrected chi connectivity index (χ3v) is 2.94. The van der Waals surface area contributed by atoms with Crippen molar-refractivity contribution in [2.45, 2.75) is 13.5 Å². The Labute approximate surface area is 141 Å². The number of nitrogens with one attached hydrogen (secondary N) is 3. The van der Waals surface area contributed by atoms with Crippen molar-refractivity contribution in [3.8, 4) is 0 Å². The molecule has 0 unspecified atom stereocenters. The van der Waals surface area contributed by atoms with Gasteiger partial charge in [0.25, 0.3) is 0 Å². The van der Waals surface area contributed by atoms with Crippen LogP contribution in [0.4, 0.5) is 4.79 Å². The number of benzene rings is 1. The van der Waals surface area contributed by atoms with Crippen molar-refractivity contribution >= 4 is 23.5 Å². The molecule has 0 saturated carbocycles. The van der Waals surface area contributed by atoms with Gasteiger partial charge in [-0.2, -0.15) is 0 Å². The molecule has 126 valence electrons. The van der Waals surface area contributed by atoms with Gasteiger partial charge in [0.1, 0.15) is 0 Å². The molecule has 0 spiro atoms. The predicted octanol–water partition coefficient (Wildman–Crippen LogP) is 1.85. The number of carbonyl (C=O) groups is 2. The molecule has 0 radical (unpaired) electrons. The molecule has 0 bridgehead atoms. The third kappa shape index (κ3) is 9.55. The van der Waals surface area contributed by atoms with Crippen LogP contribution in [0.15, 0.2) is 36.4 Å². The Kier molecular flexibility index (Phi) is 8.79. The van der Waals surface area contributed by atoms with E-state index in [0.717, 1.165) is 11.1 Å². The van der Waals surface area contributed by atoms with Gasteiger partial charge in [-0.25, -0.2) is 4.79 Å². The summed E-state index contributed by atoms with van der Waals surface area (Å²) >= 11 is 5.78. The highest BCUT2D eigenvalue weighted by molar-refractivity contribution is 6.30. The number of hydrogen-bond acceptors (Lipinski definition) is 3. The van der Waals surface area contributed by atoms with Crippen LogP contribution >= 0.6 is 11.6 Å².